The fraction of sp³-hybridized carbons (Fsp3) is 0.583. The van der Waals surface area contributed by atoms with Crippen LogP contribution in [0.25, 0.3) is 0 Å². The second-order valence-electron chi connectivity index (χ2n) is 4.33. The number of hydrogen-bond donors (Lipinski definition) is 1. The molecule has 1 heterocycles. The topological polar surface area (TPSA) is 24.9 Å². The molecule has 1 aliphatic rings. The molecule has 1 aromatic rings. The third-order valence-corrected chi connectivity index (χ3v) is 3.38. The van der Waals surface area contributed by atoms with Gasteiger partial charge < -0.3 is 5.32 Å². The smallest absolute Gasteiger partial charge is 0.0570 e. The molecule has 0 spiro atoms. The fourth-order valence-electron chi connectivity index (χ4n) is 1.92. The molecular formula is C12H17ClN2. The predicted molar refractivity (Wildman–Crippen MR) is 63.0 cm³/mol. The molecule has 1 aromatic heterocycles. The Balaban J connectivity index is 1.72. The van der Waals surface area contributed by atoms with Crippen LogP contribution in [-0.4, -0.2) is 16.9 Å². The number of hydrogen-bond acceptors (Lipinski definition) is 2. The van der Waals surface area contributed by atoms with E-state index in [9.17, 15) is 0 Å². The van der Waals surface area contributed by atoms with Crippen LogP contribution in [0, 0.1) is 12.8 Å². The molecule has 0 saturated heterocycles. The summed E-state index contributed by atoms with van der Waals surface area (Å²) in [6, 6.07) is 4.07. The second kappa shape index (κ2) is 4.95. The molecule has 1 aliphatic carbocycles. The van der Waals surface area contributed by atoms with Crippen molar-refractivity contribution in [2.75, 3.05) is 6.54 Å². The van der Waals surface area contributed by atoms with Crippen LogP contribution in [0.3, 0.4) is 0 Å². The summed E-state index contributed by atoms with van der Waals surface area (Å²) in [5.74, 6) is 0.775. The lowest BCUT2D eigenvalue weighted by molar-refractivity contribution is 0.308. The Bertz CT molecular complexity index is 321. The van der Waals surface area contributed by atoms with E-state index in [0.717, 1.165) is 37.5 Å². The number of alkyl halides is 1. The van der Waals surface area contributed by atoms with Crippen molar-refractivity contribution in [1.82, 2.24) is 10.3 Å². The monoisotopic (exact) mass is 224 g/mol. The van der Waals surface area contributed by atoms with Gasteiger partial charge in [-0.2, -0.15) is 0 Å². The molecule has 0 aliphatic heterocycles. The molecule has 1 fully saturated rings. The van der Waals surface area contributed by atoms with Gasteiger partial charge in [0.1, 0.15) is 0 Å². The van der Waals surface area contributed by atoms with Crippen LogP contribution < -0.4 is 5.32 Å². The van der Waals surface area contributed by atoms with Crippen molar-refractivity contribution >= 4 is 11.6 Å². The molecule has 0 bridgehead atoms. The van der Waals surface area contributed by atoms with Gasteiger partial charge >= 0.3 is 0 Å². The van der Waals surface area contributed by atoms with E-state index in [2.05, 4.69) is 23.3 Å². The van der Waals surface area contributed by atoms with E-state index in [0.29, 0.717) is 5.38 Å². The minimum atomic E-state index is 0.424. The Hall–Kier alpha value is -0.600. The Morgan fingerprint density at radius 2 is 2.33 bits per heavy atom. The van der Waals surface area contributed by atoms with Crippen molar-refractivity contribution < 1.29 is 0 Å². The predicted octanol–water partition coefficient (Wildman–Crippen LogP) is 2.50. The molecule has 2 nitrogen and oxygen atoms in total. The molecular weight excluding hydrogens is 208 g/mol. The highest BCUT2D eigenvalue weighted by Crippen LogP contribution is 2.31. The average molecular weight is 225 g/mol. The number of aryl methyl sites for hydroxylation is 1. The van der Waals surface area contributed by atoms with E-state index in [-0.39, 0.29) is 0 Å². The van der Waals surface area contributed by atoms with E-state index in [1.54, 1.807) is 0 Å². The highest BCUT2D eigenvalue weighted by molar-refractivity contribution is 6.21. The van der Waals surface area contributed by atoms with E-state index in [1.807, 2.05) is 12.3 Å². The molecule has 1 N–H and O–H groups in total. The maximum Gasteiger partial charge on any atom is 0.0570 e. The highest BCUT2D eigenvalue weighted by Gasteiger charge is 2.26. The summed E-state index contributed by atoms with van der Waals surface area (Å²) in [6.07, 6.45) is 4.17. The minimum absolute atomic E-state index is 0.424. The van der Waals surface area contributed by atoms with Gasteiger partial charge in [0.25, 0.3) is 0 Å². The third-order valence-electron chi connectivity index (χ3n) is 3.02. The Morgan fingerprint density at radius 1 is 1.53 bits per heavy atom. The minimum Gasteiger partial charge on any atom is -0.311 e. The number of nitrogens with one attached hydrogen (secondary N) is 1. The molecule has 1 saturated carbocycles. The zero-order chi connectivity index (χ0) is 10.7. The number of nitrogens with zero attached hydrogens (tertiary/aromatic N) is 1. The van der Waals surface area contributed by atoms with Crippen LogP contribution in [0.15, 0.2) is 18.3 Å². The SMILES string of the molecule is Cc1cccnc1CNCC1CC(Cl)C1. The second-order valence-corrected chi connectivity index (χ2v) is 4.95. The molecule has 0 aromatic carbocycles. The number of aromatic nitrogens is 1. The van der Waals surface area contributed by atoms with Crippen molar-refractivity contribution in [1.29, 1.82) is 0 Å². The molecule has 0 radical (unpaired) electrons. The van der Waals surface area contributed by atoms with Gasteiger partial charge in [-0.25, -0.2) is 0 Å². The largest absolute Gasteiger partial charge is 0.311 e. The van der Waals surface area contributed by atoms with Gasteiger partial charge in [-0.1, -0.05) is 6.07 Å². The summed E-state index contributed by atoms with van der Waals surface area (Å²) in [5.41, 5.74) is 2.41. The lowest BCUT2D eigenvalue weighted by Crippen LogP contribution is -2.33. The van der Waals surface area contributed by atoms with Crippen LogP contribution in [0.4, 0.5) is 0 Å². The number of rotatable bonds is 4. The summed E-state index contributed by atoms with van der Waals surface area (Å²) < 4.78 is 0. The first-order chi connectivity index (χ1) is 7.25. The normalized spacial score (nSPS) is 24.9. The van der Waals surface area contributed by atoms with Gasteiger partial charge in [0.05, 0.1) is 5.69 Å². The van der Waals surface area contributed by atoms with Gasteiger partial charge in [-0.3, -0.25) is 4.98 Å². The Morgan fingerprint density at radius 3 is 3.00 bits per heavy atom. The van der Waals surface area contributed by atoms with Crippen molar-refractivity contribution in [3.8, 4) is 0 Å². The van der Waals surface area contributed by atoms with Gasteiger partial charge in [0, 0.05) is 18.1 Å². The molecule has 15 heavy (non-hydrogen) atoms. The van der Waals surface area contributed by atoms with E-state index < -0.39 is 0 Å². The first kappa shape index (κ1) is 10.9. The molecule has 0 amide bonds. The van der Waals surface area contributed by atoms with E-state index in [1.165, 1.54) is 5.56 Å². The molecule has 0 atom stereocenters. The summed E-state index contributed by atoms with van der Waals surface area (Å²) in [7, 11) is 0. The standard InChI is InChI=1S/C12H17ClN2/c1-9-3-2-4-15-12(9)8-14-7-10-5-11(13)6-10/h2-4,10-11,14H,5-8H2,1H3. The first-order valence-electron chi connectivity index (χ1n) is 5.51. The number of pyridine rings is 1. The maximum atomic E-state index is 5.92. The van der Waals surface area contributed by atoms with Crippen molar-refractivity contribution in [2.24, 2.45) is 5.92 Å². The Labute approximate surface area is 96.1 Å². The highest BCUT2D eigenvalue weighted by atomic mass is 35.5. The van der Waals surface area contributed by atoms with Crippen LogP contribution in [-0.2, 0) is 6.54 Å². The zero-order valence-electron chi connectivity index (χ0n) is 9.04. The maximum absolute atomic E-state index is 5.92. The van der Waals surface area contributed by atoms with Crippen molar-refractivity contribution in [2.45, 2.75) is 31.7 Å². The zero-order valence-corrected chi connectivity index (χ0v) is 9.80. The number of halogens is 1. The van der Waals surface area contributed by atoms with Crippen molar-refractivity contribution in [3.05, 3.63) is 29.6 Å². The van der Waals surface area contributed by atoms with Crippen LogP contribution >= 0.6 is 11.6 Å². The molecule has 0 unspecified atom stereocenters. The molecule has 82 valence electrons. The average Bonchev–Trinajstić information content (AvgIpc) is 2.18. The third kappa shape index (κ3) is 2.93. The lowest BCUT2D eigenvalue weighted by atomic mass is 9.85. The van der Waals surface area contributed by atoms with Crippen LogP contribution in [0.1, 0.15) is 24.1 Å². The molecule has 3 heteroatoms. The molecule has 2 rings (SSSR count). The summed E-state index contributed by atoms with van der Waals surface area (Å²) in [5, 5.41) is 3.87. The Kier molecular flexibility index (Phi) is 3.60. The first-order valence-corrected chi connectivity index (χ1v) is 5.94. The summed E-state index contributed by atoms with van der Waals surface area (Å²) in [6.45, 7) is 4.04. The van der Waals surface area contributed by atoms with Crippen LogP contribution in [0.5, 0.6) is 0 Å². The van der Waals surface area contributed by atoms with Crippen LogP contribution in [0.2, 0.25) is 0 Å². The van der Waals surface area contributed by atoms with Gasteiger partial charge in [0.2, 0.25) is 0 Å². The van der Waals surface area contributed by atoms with Gasteiger partial charge in [-0.05, 0) is 43.9 Å². The van der Waals surface area contributed by atoms with E-state index in [4.69, 9.17) is 11.6 Å². The van der Waals surface area contributed by atoms with Gasteiger partial charge in [0.15, 0.2) is 0 Å². The fourth-order valence-corrected chi connectivity index (χ4v) is 2.42. The van der Waals surface area contributed by atoms with Crippen molar-refractivity contribution in [3.63, 3.8) is 0 Å². The summed E-state index contributed by atoms with van der Waals surface area (Å²) >= 11 is 5.92. The lowest BCUT2D eigenvalue weighted by Gasteiger charge is -2.30. The quantitative estimate of drug-likeness (QED) is 0.795. The van der Waals surface area contributed by atoms with Gasteiger partial charge in [-0.15, -0.1) is 11.6 Å². The van der Waals surface area contributed by atoms with E-state index >= 15 is 0 Å². The summed E-state index contributed by atoms with van der Waals surface area (Å²) in [4.78, 5) is 4.35.